The molecule has 9 rings (SSSR count). The number of fused-ring (bicyclic) bond motifs is 6. The number of nitrogens with one attached hydrogen (secondary N) is 1. The molecule has 46 heavy (non-hydrogen) atoms. The van der Waals surface area contributed by atoms with Crippen LogP contribution < -0.4 is 5.32 Å². The summed E-state index contributed by atoms with van der Waals surface area (Å²) in [5.74, 6) is 1.38. The lowest BCUT2D eigenvalue weighted by Gasteiger charge is -2.23. The molecule has 0 bridgehead atoms. The molecule has 8 aromatic rings. The Balaban J connectivity index is 1.16. The highest BCUT2D eigenvalue weighted by Gasteiger charge is 2.21. The van der Waals surface area contributed by atoms with E-state index in [0.717, 1.165) is 28.2 Å². The number of aromatic nitrogens is 1. The van der Waals surface area contributed by atoms with E-state index >= 15 is 0 Å². The molecule has 216 valence electrons. The third-order valence-electron chi connectivity index (χ3n) is 8.70. The molecule has 0 radical (unpaired) electrons. The molecule has 0 spiro atoms. The van der Waals surface area contributed by atoms with E-state index in [4.69, 9.17) is 9.98 Å². The van der Waals surface area contributed by atoms with Crippen molar-refractivity contribution in [2.45, 2.75) is 6.17 Å². The summed E-state index contributed by atoms with van der Waals surface area (Å²) in [6, 6.07) is 50.4. The molecule has 1 N–H and O–H groups in total. The van der Waals surface area contributed by atoms with Crippen LogP contribution in [0.5, 0.6) is 0 Å². The predicted octanol–water partition coefficient (Wildman–Crippen LogP) is 9.52. The van der Waals surface area contributed by atoms with E-state index in [1.807, 2.05) is 41.7 Å². The molecule has 1 atom stereocenters. The number of hydrogen-bond donors (Lipinski definition) is 1. The SMILES string of the molecule is N#Cc1ccc(C2=NC(c3ccccc3)NC(c3ccc(-n4c5ccccc5c5cc6sc7ccccc7c6cc54)cc3)=N2)cc1. The average Bonchev–Trinajstić information content (AvgIpc) is 3.65. The number of nitrogens with zero attached hydrogens (tertiary/aromatic N) is 4. The summed E-state index contributed by atoms with van der Waals surface area (Å²) in [4.78, 5) is 9.92. The molecule has 0 amide bonds. The zero-order valence-corrected chi connectivity index (χ0v) is 25.4. The first-order valence-corrected chi connectivity index (χ1v) is 16.0. The van der Waals surface area contributed by atoms with Gasteiger partial charge in [0, 0.05) is 47.8 Å². The van der Waals surface area contributed by atoms with Crippen LogP contribution in [0.15, 0.2) is 150 Å². The highest BCUT2D eigenvalue weighted by Crippen LogP contribution is 2.40. The van der Waals surface area contributed by atoms with Crippen LogP contribution in [0.1, 0.15) is 28.4 Å². The lowest BCUT2D eigenvalue weighted by Crippen LogP contribution is -2.33. The van der Waals surface area contributed by atoms with E-state index in [-0.39, 0.29) is 6.17 Å². The summed E-state index contributed by atoms with van der Waals surface area (Å²) >= 11 is 1.85. The molecule has 2 aromatic heterocycles. The second-order valence-corrected chi connectivity index (χ2v) is 12.5. The Bertz CT molecular complexity index is 2550. The molecule has 0 saturated carbocycles. The zero-order valence-electron chi connectivity index (χ0n) is 24.6. The fraction of sp³-hybridized carbons (Fsp3) is 0.0250. The third-order valence-corrected chi connectivity index (χ3v) is 9.83. The van der Waals surface area contributed by atoms with Crippen molar-refractivity contribution in [3.05, 3.63) is 162 Å². The van der Waals surface area contributed by atoms with Gasteiger partial charge in [-0.3, -0.25) is 0 Å². The first kappa shape index (κ1) is 26.4. The number of thiophene rings is 1. The van der Waals surface area contributed by atoms with E-state index in [1.165, 1.54) is 42.0 Å². The minimum Gasteiger partial charge on any atom is -0.344 e. The van der Waals surface area contributed by atoms with Crippen molar-refractivity contribution in [2.24, 2.45) is 9.98 Å². The van der Waals surface area contributed by atoms with Crippen molar-refractivity contribution in [2.75, 3.05) is 0 Å². The van der Waals surface area contributed by atoms with Gasteiger partial charge in [-0.1, -0.05) is 66.7 Å². The molecule has 0 saturated heterocycles. The summed E-state index contributed by atoms with van der Waals surface area (Å²) in [6.45, 7) is 0. The Morgan fingerprint density at radius 2 is 1.35 bits per heavy atom. The molecule has 1 unspecified atom stereocenters. The normalized spacial score (nSPS) is 14.7. The number of para-hydroxylation sites is 1. The van der Waals surface area contributed by atoms with Gasteiger partial charge < -0.3 is 9.88 Å². The van der Waals surface area contributed by atoms with Crippen molar-refractivity contribution in [3.63, 3.8) is 0 Å². The van der Waals surface area contributed by atoms with Crippen LogP contribution >= 0.6 is 11.3 Å². The summed E-state index contributed by atoms with van der Waals surface area (Å²) in [5, 5.41) is 17.9. The average molecular weight is 608 g/mol. The second-order valence-electron chi connectivity index (χ2n) is 11.4. The molecule has 6 aromatic carbocycles. The summed E-state index contributed by atoms with van der Waals surface area (Å²) < 4.78 is 4.98. The van der Waals surface area contributed by atoms with Gasteiger partial charge in [-0.15, -0.1) is 11.3 Å². The number of hydrogen-bond acceptors (Lipinski definition) is 5. The molecular formula is C40H25N5S. The van der Waals surface area contributed by atoms with Gasteiger partial charge in [0.1, 0.15) is 12.0 Å². The van der Waals surface area contributed by atoms with Crippen LogP contribution in [0.3, 0.4) is 0 Å². The lowest BCUT2D eigenvalue weighted by atomic mass is 10.1. The van der Waals surface area contributed by atoms with Crippen LogP contribution in [0, 0.1) is 11.3 Å². The van der Waals surface area contributed by atoms with E-state index in [1.54, 1.807) is 12.1 Å². The maximum Gasteiger partial charge on any atom is 0.159 e. The first-order chi connectivity index (χ1) is 22.7. The fourth-order valence-electron chi connectivity index (χ4n) is 6.46. The van der Waals surface area contributed by atoms with Crippen molar-refractivity contribution in [1.29, 1.82) is 5.26 Å². The van der Waals surface area contributed by atoms with Gasteiger partial charge in [0.2, 0.25) is 0 Å². The van der Waals surface area contributed by atoms with Gasteiger partial charge in [0.25, 0.3) is 0 Å². The number of nitriles is 1. The fourth-order valence-corrected chi connectivity index (χ4v) is 7.59. The van der Waals surface area contributed by atoms with Crippen molar-refractivity contribution in [3.8, 4) is 11.8 Å². The quantitative estimate of drug-likeness (QED) is 0.217. The Kier molecular flexibility index (Phi) is 6.05. The van der Waals surface area contributed by atoms with Crippen molar-refractivity contribution < 1.29 is 0 Å². The molecule has 5 nitrogen and oxygen atoms in total. The number of amidine groups is 2. The van der Waals surface area contributed by atoms with Gasteiger partial charge in [0.15, 0.2) is 5.84 Å². The molecule has 1 aliphatic rings. The van der Waals surface area contributed by atoms with Crippen LogP contribution in [-0.2, 0) is 0 Å². The van der Waals surface area contributed by atoms with Crippen LogP contribution in [0.4, 0.5) is 0 Å². The number of rotatable bonds is 4. The molecule has 0 aliphatic carbocycles. The summed E-state index contributed by atoms with van der Waals surface area (Å²) in [7, 11) is 0. The topological polar surface area (TPSA) is 65.5 Å². The van der Waals surface area contributed by atoms with Gasteiger partial charge in [0.05, 0.1) is 22.7 Å². The second kappa shape index (κ2) is 10.6. The van der Waals surface area contributed by atoms with Gasteiger partial charge in [-0.25, -0.2) is 9.98 Å². The maximum atomic E-state index is 9.29. The van der Waals surface area contributed by atoms with Crippen molar-refractivity contribution >= 4 is 65.0 Å². The highest BCUT2D eigenvalue weighted by atomic mass is 32.1. The maximum absolute atomic E-state index is 9.29. The van der Waals surface area contributed by atoms with Gasteiger partial charge >= 0.3 is 0 Å². The molecule has 1 aliphatic heterocycles. The van der Waals surface area contributed by atoms with E-state index in [2.05, 4.69) is 113 Å². The highest BCUT2D eigenvalue weighted by molar-refractivity contribution is 7.25. The Morgan fingerprint density at radius 3 is 2.15 bits per heavy atom. The Hall–Kier alpha value is -6.03. The smallest absolute Gasteiger partial charge is 0.159 e. The lowest BCUT2D eigenvalue weighted by molar-refractivity contribution is 0.674. The van der Waals surface area contributed by atoms with E-state index in [0.29, 0.717) is 11.4 Å². The Morgan fingerprint density at radius 1 is 0.630 bits per heavy atom. The molecule has 6 heteroatoms. The van der Waals surface area contributed by atoms with Crippen LogP contribution in [0.25, 0.3) is 47.7 Å². The monoisotopic (exact) mass is 607 g/mol. The first-order valence-electron chi connectivity index (χ1n) is 15.2. The number of aliphatic imine (C=N–C) groups is 2. The standard InChI is InChI=1S/C40H25N5S/c41-24-25-14-16-27(17-15-25)39-42-38(26-8-2-1-3-9-26)43-40(44-39)28-18-20-29(21-19-28)45-34-12-6-4-10-30(34)32-23-37-33(22-35(32)45)31-11-5-7-13-36(31)46-37/h1-23,38H,(H,42,43,44). The molecule has 3 heterocycles. The largest absolute Gasteiger partial charge is 0.344 e. The van der Waals surface area contributed by atoms with Crippen LogP contribution in [0.2, 0.25) is 0 Å². The molecule has 0 fully saturated rings. The minimum atomic E-state index is -0.292. The van der Waals surface area contributed by atoms with Crippen LogP contribution in [-0.4, -0.2) is 16.2 Å². The van der Waals surface area contributed by atoms with E-state index in [9.17, 15) is 5.26 Å². The van der Waals surface area contributed by atoms with Gasteiger partial charge in [-0.2, -0.15) is 5.26 Å². The third kappa shape index (κ3) is 4.29. The van der Waals surface area contributed by atoms with Gasteiger partial charge in [-0.05, 0) is 78.4 Å². The Labute approximate surface area is 269 Å². The number of benzene rings is 6. The summed E-state index contributed by atoms with van der Waals surface area (Å²) in [6.07, 6.45) is -0.292. The summed E-state index contributed by atoms with van der Waals surface area (Å²) in [5.41, 5.74) is 6.96. The van der Waals surface area contributed by atoms with E-state index < -0.39 is 0 Å². The zero-order chi connectivity index (χ0) is 30.6. The predicted molar refractivity (Wildman–Crippen MR) is 190 cm³/mol. The molecular weight excluding hydrogens is 583 g/mol. The van der Waals surface area contributed by atoms with Crippen molar-refractivity contribution in [1.82, 2.24) is 9.88 Å². The minimum absolute atomic E-state index is 0.292.